The van der Waals surface area contributed by atoms with E-state index in [4.69, 9.17) is 0 Å². The Morgan fingerprint density at radius 3 is 2.43 bits per heavy atom. The molecule has 0 spiro atoms. The van der Waals surface area contributed by atoms with E-state index in [1.165, 1.54) is 6.20 Å². The smallest absolute Gasteiger partial charge is 0.274 e. The van der Waals surface area contributed by atoms with Crippen molar-refractivity contribution in [3.8, 4) is 0 Å². The topological polar surface area (TPSA) is 71.0 Å². The van der Waals surface area contributed by atoms with Crippen molar-refractivity contribution in [2.75, 3.05) is 18.4 Å². The molecular formula is C17H23N5O. The molecule has 0 saturated carbocycles. The number of amides is 1. The average Bonchev–Trinajstić information content (AvgIpc) is 2.60. The molecule has 0 radical (unpaired) electrons. The van der Waals surface area contributed by atoms with E-state index in [0.717, 1.165) is 31.6 Å². The number of pyridine rings is 1. The molecule has 0 unspecified atom stereocenters. The molecule has 1 N–H and O–H groups in total. The van der Waals surface area contributed by atoms with Gasteiger partial charge in [-0.3, -0.25) is 9.78 Å². The maximum absolute atomic E-state index is 12.4. The van der Waals surface area contributed by atoms with Gasteiger partial charge >= 0.3 is 0 Å². The summed E-state index contributed by atoms with van der Waals surface area (Å²) < 4.78 is 0. The highest BCUT2D eigenvalue weighted by atomic mass is 16.2. The van der Waals surface area contributed by atoms with E-state index in [2.05, 4.69) is 34.1 Å². The number of hydrogen-bond donors (Lipinski definition) is 1. The van der Waals surface area contributed by atoms with Crippen LogP contribution in [0.4, 0.5) is 5.82 Å². The lowest BCUT2D eigenvalue weighted by molar-refractivity contribution is 0.0749. The van der Waals surface area contributed by atoms with Gasteiger partial charge in [0, 0.05) is 19.3 Å². The van der Waals surface area contributed by atoms with Crippen LogP contribution in [0.25, 0.3) is 0 Å². The standard InChI is InChI=1S/C17H23N5O/c1-3-9-22(10-4-2)17(23)15-12-21-16(13-19-15)20-11-14-7-5-6-8-18-14/h5-8,12-13H,3-4,9-11H2,1-2H3,(H,20,21). The third-order valence-electron chi connectivity index (χ3n) is 3.32. The van der Waals surface area contributed by atoms with Crippen molar-refractivity contribution in [1.29, 1.82) is 0 Å². The summed E-state index contributed by atoms with van der Waals surface area (Å²) in [7, 11) is 0. The van der Waals surface area contributed by atoms with Gasteiger partial charge in [0.1, 0.15) is 11.5 Å². The molecule has 122 valence electrons. The molecule has 6 nitrogen and oxygen atoms in total. The van der Waals surface area contributed by atoms with Gasteiger partial charge in [0.2, 0.25) is 0 Å². The van der Waals surface area contributed by atoms with Crippen molar-refractivity contribution < 1.29 is 4.79 Å². The van der Waals surface area contributed by atoms with Crippen molar-refractivity contribution in [3.63, 3.8) is 0 Å². The van der Waals surface area contributed by atoms with Gasteiger partial charge in [0.25, 0.3) is 5.91 Å². The molecule has 2 aromatic heterocycles. The molecule has 0 fully saturated rings. The van der Waals surface area contributed by atoms with E-state index in [1.54, 1.807) is 12.4 Å². The molecule has 0 aromatic carbocycles. The SMILES string of the molecule is CCCN(CCC)C(=O)c1cnc(NCc2ccccn2)cn1. The molecule has 2 rings (SSSR count). The van der Waals surface area contributed by atoms with Crippen molar-refractivity contribution in [2.45, 2.75) is 33.2 Å². The van der Waals surface area contributed by atoms with Crippen molar-refractivity contribution >= 4 is 11.7 Å². The van der Waals surface area contributed by atoms with Gasteiger partial charge < -0.3 is 10.2 Å². The first-order chi connectivity index (χ1) is 11.2. The quantitative estimate of drug-likeness (QED) is 0.811. The molecule has 0 aliphatic rings. The van der Waals surface area contributed by atoms with E-state index in [1.807, 2.05) is 23.1 Å². The third-order valence-corrected chi connectivity index (χ3v) is 3.32. The lowest BCUT2D eigenvalue weighted by atomic mass is 10.3. The Hall–Kier alpha value is -2.50. The largest absolute Gasteiger partial charge is 0.363 e. The van der Waals surface area contributed by atoms with Crippen LogP contribution in [0.1, 0.15) is 42.9 Å². The summed E-state index contributed by atoms with van der Waals surface area (Å²) in [6.07, 6.45) is 6.74. The van der Waals surface area contributed by atoms with E-state index in [-0.39, 0.29) is 5.91 Å². The molecular weight excluding hydrogens is 290 g/mol. The van der Waals surface area contributed by atoms with Crippen LogP contribution in [0.3, 0.4) is 0 Å². The van der Waals surface area contributed by atoms with Crippen LogP contribution in [-0.2, 0) is 6.54 Å². The molecule has 2 aromatic rings. The number of carbonyl (C=O) groups excluding carboxylic acids is 1. The fourth-order valence-corrected chi connectivity index (χ4v) is 2.23. The van der Waals surface area contributed by atoms with Crippen molar-refractivity contribution in [2.24, 2.45) is 0 Å². The third kappa shape index (κ3) is 5.02. The Balaban J connectivity index is 1.96. The summed E-state index contributed by atoms with van der Waals surface area (Å²) in [6, 6.07) is 5.75. The van der Waals surface area contributed by atoms with E-state index in [9.17, 15) is 4.79 Å². The second kappa shape index (κ2) is 8.82. The Bertz CT molecular complexity index is 594. The van der Waals surface area contributed by atoms with Gasteiger partial charge in [-0.1, -0.05) is 19.9 Å². The van der Waals surface area contributed by atoms with Crippen LogP contribution in [0, 0.1) is 0 Å². The number of anilines is 1. The summed E-state index contributed by atoms with van der Waals surface area (Å²) in [4.78, 5) is 27.0. The van der Waals surface area contributed by atoms with E-state index >= 15 is 0 Å². The Morgan fingerprint density at radius 2 is 1.87 bits per heavy atom. The summed E-state index contributed by atoms with van der Waals surface area (Å²) in [5.74, 6) is 0.571. The molecule has 6 heteroatoms. The van der Waals surface area contributed by atoms with Gasteiger partial charge in [0.15, 0.2) is 0 Å². The minimum Gasteiger partial charge on any atom is -0.363 e. The zero-order valence-corrected chi connectivity index (χ0v) is 13.7. The molecule has 2 heterocycles. The predicted octanol–water partition coefficient (Wildman–Crippen LogP) is 2.75. The monoisotopic (exact) mass is 313 g/mol. The lowest BCUT2D eigenvalue weighted by Gasteiger charge is -2.20. The van der Waals surface area contributed by atoms with Crippen LogP contribution in [0.5, 0.6) is 0 Å². The van der Waals surface area contributed by atoms with Crippen LogP contribution in [-0.4, -0.2) is 38.8 Å². The first kappa shape index (κ1) is 16.9. The highest BCUT2D eigenvalue weighted by molar-refractivity contribution is 5.92. The summed E-state index contributed by atoms with van der Waals surface area (Å²) in [5.41, 5.74) is 1.31. The first-order valence-electron chi connectivity index (χ1n) is 7.99. The highest BCUT2D eigenvalue weighted by Crippen LogP contribution is 2.07. The summed E-state index contributed by atoms with van der Waals surface area (Å²) >= 11 is 0. The Kier molecular flexibility index (Phi) is 6.47. The van der Waals surface area contributed by atoms with Crippen LogP contribution >= 0.6 is 0 Å². The summed E-state index contributed by atoms with van der Waals surface area (Å²) in [6.45, 7) is 6.18. The summed E-state index contributed by atoms with van der Waals surface area (Å²) in [5, 5.41) is 3.15. The number of rotatable bonds is 8. The highest BCUT2D eigenvalue weighted by Gasteiger charge is 2.15. The molecule has 0 aliphatic carbocycles. The molecule has 0 aliphatic heterocycles. The first-order valence-corrected chi connectivity index (χ1v) is 7.99. The number of hydrogen-bond acceptors (Lipinski definition) is 5. The van der Waals surface area contributed by atoms with Crippen molar-refractivity contribution in [3.05, 3.63) is 48.2 Å². The van der Waals surface area contributed by atoms with Gasteiger partial charge in [-0.15, -0.1) is 0 Å². The minimum atomic E-state index is -0.0579. The van der Waals surface area contributed by atoms with Gasteiger partial charge in [-0.25, -0.2) is 9.97 Å². The lowest BCUT2D eigenvalue weighted by Crippen LogP contribution is -2.33. The van der Waals surface area contributed by atoms with Crippen molar-refractivity contribution in [1.82, 2.24) is 19.9 Å². The predicted molar refractivity (Wildman–Crippen MR) is 90.1 cm³/mol. The van der Waals surface area contributed by atoms with E-state index in [0.29, 0.717) is 18.1 Å². The van der Waals surface area contributed by atoms with Crippen LogP contribution in [0.15, 0.2) is 36.8 Å². The van der Waals surface area contributed by atoms with Gasteiger partial charge in [-0.2, -0.15) is 0 Å². The second-order valence-corrected chi connectivity index (χ2v) is 5.25. The Labute approximate surface area is 137 Å². The molecule has 1 amide bonds. The normalized spacial score (nSPS) is 10.3. The fraction of sp³-hybridized carbons (Fsp3) is 0.412. The Morgan fingerprint density at radius 1 is 1.09 bits per heavy atom. The average molecular weight is 313 g/mol. The second-order valence-electron chi connectivity index (χ2n) is 5.25. The number of nitrogens with zero attached hydrogens (tertiary/aromatic N) is 4. The molecule has 23 heavy (non-hydrogen) atoms. The zero-order valence-electron chi connectivity index (χ0n) is 13.7. The van der Waals surface area contributed by atoms with Crippen LogP contribution < -0.4 is 5.32 Å². The minimum absolute atomic E-state index is 0.0579. The number of nitrogens with one attached hydrogen (secondary N) is 1. The molecule has 0 bridgehead atoms. The fourth-order valence-electron chi connectivity index (χ4n) is 2.23. The van der Waals surface area contributed by atoms with Gasteiger partial charge in [0.05, 0.1) is 24.6 Å². The maximum Gasteiger partial charge on any atom is 0.274 e. The number of carbonyl (C=O) groups is 1. The number of aromatic nitrogens is 3. The van der Waals surface area contributed by atoms with Crippen LogP contribution in [0.2, 0.25) is 0 Å². The zero-order chi connectivity index (χ0) is 16.5. The molecule has 0 saturated heterocycles. The van der Waals surface area contributed by atoms with Gasteiger partial charge in [-0.05, 0) is 25.0 Å². The maximum atomic E-state index is 12.4. The van der Waals surface area contributed by atoms with E-state index < -0.39 is 0 Å². The molecule has 0 atom stereocenters.